The number of sulfonamides is 1. The number of aryl methyl sites for hydroxylation is 2. The van der Waals surface area contributed by atoms with Gasteiger partial charge in [0.25, 0.3) is 0 Å². The summed E-state index contributed by atoms with van der Waals surface area (Å²) in [6, 6.07) is -0.0730. The summed E-state index contributed by atoms with van der Waals surface area (Å²) in [4.78, 5) is 0.111. The molecule has 1 rings (SSSR count). The van der Waals surface area contributed by atoms with Crippen molar-refractivity contribution in [2.45, 2.75) is 44.7 Å². The highest BCUT2D eigenvalue weighted by molar-refractivity contribution is 7.98. The van der Waals surface area contributed by atoms with Crippen molar-refractivity contribution in [2.75, 3.05) is 19.1 Å². The second-order valence-electron chi connectivity index (χ2n) is 4.72. The van der Waals surface area contributed by atoms with Crippen molar-refractivity contribution in [2.24, 2.45) is 0 Å². The van der Waals surface area contributed by atoms with Crippen LogP contribution in [0.1, 0.15) is 30.4 Å². The lowest BCUT2D eigenvalue weighted by Crippen LogP contribution is -2.38. The first-order valence-corrected chi connectivity index (χ1v) is 9.31. The maximum absolute atomic E-state index is 12.8. The third kappa shape index (κ3) is 3.21. The minimum Gasteiger partial charge on any atom is -0.465 e. The highest BCUT2D eigenvalue weighted by atomic mass is 32.2. The Bertz CT molecular complexity index is 551. The van der Waals surface area contributed by atoms with E-state index in [0.717, 1.165) is 12.2 Å². The Morgan fingerprint density at radius 2 is 1.95 bits per heavy atom. The minimum absolute atomic E-state index is 0.0730. The molecule has 0 aromatic carbocycles. The van der Waals surface area contributed by atoms with Crippen LogP contribution in [0.4, 0.5) is 0 Å². The Kier molecular flexibility index (Phi) is 6.12. The van der Waals surface area contributed by atoms with Gasteiger partial charge in [0, 0.05) is 24.4 Å². The molecule has 1 unspecified atom stereocenters. The maximum Gasteiger partial charge on any atom is 0.246 e. The highest BCUT2D eigenvalue weighted by Gasteiger charge is 2.33. The van der Waals surface area contributed by atoms with Crippen molar-refractivity contribution in [1.29, 1.82) is 0 Å². The summed E-state index contributed by atoms with van der Waals surface area (Å²) in [7, 11) is -2.07. The van der Waals surface area contributed by atoms with E-state index in [0.29, 0.717) is 17.1 Å². The fourth-order valence-electron chi connectivity index (χ4n) is 2.24. The van der Waals surface area contributed by atoms with E-state index in [-0.39, 0.29) is 17.5 Å². The van der Waals surface area contributed by atoms with Crippen LogP contribution in [0.2, 0.25) is 0 Å². The number of furan rings is 1. The fourth-order valence-corrected chi connectivity index (χ4v) is 5.01. The molecule has 7 heteroatoms. The predicted molar refractivity (Wildman–Crippen MR) is 81.5 cm³/mol. The van der Waals surface area contributed by atoms with E-state index >= 15 is 0 Å². The molecule has 1 N–H and O–H groups in total. The Balaban J connectivity index is 3.29. The second kappa shape index (κ2) is 6.98. The summed E-state index contributed by atoms with van der Waals surface area (Å²) in [5.41, 5.74) is 0.355. The van der Waals surface area contributed by atoms with Crippen molar-refractivity contribution < 1.29 is 17.9 Å². The van der Waals surface area contributed by atoms with Gasteiger partial charge in [0.05, 0.1) is 6.61 Å². The summed E-state index contributed by atoms with van der Waals surface area (Å²) in [6.45, 7) is 4.90. The fraction of sp³-hybridized carbons (Fsp3) is 0.692. The first kappa shape index (κ1) is 17.6. The Morgan fingerprint density at radius 3 is 2.40 bits per heavy atom. The number of aliphatic hydroxyl groups is 1. The summed E-state index contributed by atoms with van der Waals surface area (Å²) in [6.07, 6.45) is 2.69. The van der Waals surface area contributed by atoms with Gasteiger partial charge < -0.3 is 9.52 Å². The van der Waals surface area contributed by atoms with Crippen LogP contribution in [-0.4, -0.2) is 42.9 Å². The maximum atomic E-state index is 12.8. The van der Waals surface area contributed by atoms with Gasteiger partial charge in [-0.1, -0.05) is 6.92 Å². The van der Waals surface area contributed by atoms with Crippen molar-refractivity contribution in [3.8, 4) is 0 Å². The molecule has 20 heavy (non-hydrogen) atoms. The minimum atomic E-state index is -3.66. The van der Waals surface area contributed by atoms with Crippen LogP contribution in [0.25, 0.3) is 0 Å². The average Bonchev–Trinajstić information content (AvgIpc) is 2.69. The number of hydrogen-bond donors (Lipinski definition) is 1. The highest BCUT2D eigenvalue weighted by Crippen LogP contribution is 2.30. The molecule has 1 aromatic heterocycles. The van der Waals surface area contributed by atoms with Gasteiger partial charge in [0.15, 0.2) is 0 Å². The molecule has 0 amide bonds. The van der Waals surface area contributed by atoms with Crippen LogP contribution in [0.3, 0.4) is 0 Å². The number of thioether (sulfide) groups is 1. The van der Waals surface area contributed by atoms with Gasteiger partial charge in [-0.3, -0.25) is 0 Å². The molecule has 0 fully saturated rings. The number of aliphatic hydroxyl groups excluding tert-OH is 1. The van der Waals surface area contributed by atoms with Crippen molar-refractivity contribution in [3.63, 3.8) is 0 Å². The lowest BCUT2D eigenvalue weighted by molar-refractivity contribution is 0.276. The summed E-state index contributed by atoms with van der Waals surface area (Å²) >= 11 is 1.61. The molecule has 0 spiro atoms. The molecule has 0 radical (unpaired) electrons. The van der Waals surface area contributed by atoms with E-state index < -0.39 is 10.0 Å². The molecule has 0 bridgehead atoms. The Morgan fingerprint density at radius 1 is 1.35 bits per heavy atom. The molecule has 0 saturated heterocycles. The van der Waals surface area contributed by atoms with Crippen molar-refractivity contribution in [1.82, 2.24) is 4.31 Å². The third-order valence-corrected chi connectivity index (χ3v) is 6.29. The van der Waals surface area contributed by atoms with Gasteiger partial charge in [-0.2, -0.15) is 16.1 Å². The molecule has 1 atom stereocenters. The van der Waals surface area contributed by atoms with E-state index in [1.165, 1.54) is 4.31 Å². The largest absolute Gasteiger partial charge is 0.465 e. The third-order valence-electron chi connectivity index (χ3n) is 3.46. The average molecular weight is 321 g/mol. The molecule has 0 aliphatic rings. The van der Waals surface area contributed by atoms with E-state index in [4.69, 9.17) is 4.42 Å². The first-order valence-electron chi connectivity index (χ1n) is 6.47. The lowest BCUT2D eigenvalue weighted by Gasteiger charge is -2.26. The lowest BCUT2D eigenvalue weighted by atomic mass is 10.2. The molecular formula is C13H23NO4S2. The molecule has 116 valence electrons. The Labute approximate surface area is 125 Å². The molecule has 0 aliphatic carbocycles. The van der Waals surface area contributed by atoms with Crippen molar-refractivity contribution >= 4 is 21.8 Å². The predicted octanol–water partition coefficient (Wildman–Crippen LogP) is 2.15. The molecular weight excluding hydrogens is 298 g/mol. The van der Waals surface area contributed by atoms with Crippen LogP contribution in [-0.2, 0) is 16.6 Å². The van der Waals surface area contributed by atoms with E-state index in [9.17, 15) is 13.5 Å². The number of hydrogen-bond acceptors (Lipinski definition) is 5. The molecule has 1 aromatic rings. The van der Waals surface area contributed by atoms with E-state index in [1.54, 1.807) is 32.7 Å². The molecule has 5 nitrogen and oxygen atoms in total. The monoisotopic (exact) mass is 321 g/mol. The van der Waals surface area contributed by atoms with E-state index in [1.807, 2.05) is 13.2 Å². The van der Waals surface area contributed by atoms with Gasteiger partial charge in [-0.05, 0) is 26.5 Å². The zero-order valence-electron chi connectivity index (χ0n) is 12.6. The normalized spacial score (nSPS) is 13.9. The Hall–Kier alpha value is -0.500. The van der Waals surface area contributed by atoms with Crippen molar-refractivity contribution in [3.05, 3.63) is 17.1 Å². The molecule has 0 aliphatic heterocycles. The second-order valence-corrected chi connectivity index (χ2v) is 7.56. The summed E-state index contributed by atoms with van der Waals surface area (Å²) < 4.78 is 32.3. The van der Waals surface area contributed by atoms with Gasteiger partial charge in [-0.15, -0.1) is 0 Å². The standard InChI is InChI=1S/C13H23NO4S2/c1-6-11(8-19-5)14(4)20(16,17)13-10(3)18-9(2)12(13)7-15/h11,15H,6-8H2,1-5H3. The van der Waals surface area contributed by atoms with Crippen LogP contribution in [0, 0.1) is 13.8 Å². The SMILES string of the molecule is CCC(CSC)N(C)S(=O)(=O)c1c(C)oc(C)c1CO. The van der Waals surface area contributed by atoms with Crippen LogP contribution < -0.4 is 0 Å². The number of nitrogens with zero attached hydrogens (tertiary/aromatic N) is 1. The number of rotatable bonds is 7. The van der Waals surface area contributed by atoms with Crippen LogP contribution in [0.15, 0.2) is 9.31 Å². The topological polar surface area (TPSA) is 70.8 Å². The molecule has 0 saturated carbocycles. The zero-order valence-corrected chi connectivity index (χ0v) is 14.3. The zero-order chi connectivity index (χ0) is 15.5. The van der Waals surface area contributed by atoms with Gasteiger partial charge in [-0.25, -0.2) is 8.42 Å². The van der Waals surface area contributed by atoms with E-state index in [2.05, 4.69) is 0 Å². The summed E-state index contributed by atoms with van der Waals surface area (Å²) in [5, 5.41) is 9.41. The quantitative estimate of drug-likeness (QED) is 0.833. The van der Waals surface area contributed by atoms with Gasteiger partial charge in [0.1, 0.15) is 16.4 Å². The van der Waals surface area contributed by atoms with Crippen LogP contribution in [0.5, 0.6) is 0 Å². The summed E-state index contributed by atoms with van der Waals surface area (Å²) in [5.74, 6) is 1.52. The molecule has 1 heterocycles. The van der Waals surface area contributed by atoms with Crippen LogP contribution >= 0.6 is 11.8 Å². The smallest absolute Gasteiger partial charge is 0.246 e. The van der Waals surface area contributed by atoms with Gasteiger partial charge in [0.2, 0.25) is 10.0 Å². The first-order chi connectivity index (χ1) is 9.31. The van der Waals surface area contributed by atoms with Gasteiger partial charge >= 0.3 is 0 Å².